The lowest BCUT2D eigenvalue weighted by Crippen LogP contribution is -2.08. The lowest BCUT2D eigenvalue weighted by molar-refractivity contribution is 0.307. The molecular weight excluding hydrogens is 316 g/mol. The third-order valence-electron chi connectivity index (χ3n) is 6.75. The highest BCUT2D eigenvalue weighted by Gasteiger charge is 2.35. The minimum atomic E-state index is 0.494. The fourth-order valence-corrected chi connectivity index (χ4v) is 3.79. The van der Waals surface area contributed by atoms with Gasteiger partial charge < -0.3 is 5.11 Å². The van der Waals surface area contributed by atoms with Crippen molar-refractivity contribution in [1.82, 2.24) is 0 Å². The molecule has 0 saturated heterocycles. The van der Waals surface area contributed by atoms with Crippen LogP contribution < -0.4 is 0 Å². The summed E-state index contributed by atoms with van der Waals surface area (Å²) in [5, 5.41) is 10.1. The van der Waals surface area contributed by atoms with Crippen molar-refractivity contribution >= 4 is 0 Å². The minimum Gasteiger partial charge on any atom is -0.508 e. The van der Waals surface area contributed by atoms with Gasteiger partial charge in [-0.25, -0.2) is 0 Å². The van der Waals surface area contributed by atoms with E-state index >= 15 is 0 Å². The van der Waals surface area contributed by atoms with Crippen LogP contribution in [0.15, 0.2) is 18.2 Å². The van der Waals surface area contributed by atoms with Gasteiger partial charge in [0.15, 0.2) is 0 Å². The average Bonchev–Trinajstić information content (AvgIpc) is 3.34. The number of phenols is 1. The molecule has 1 aliphatic rings. The smallest absolute Gasteiger partial charge is 0.118 e. The summed E-state index contributed by atoms with van der Waals surface area (Å²) >= 11 is 0. The van der Waals surface area contributed by atoms with Crippen LogP contribution in [0, 0.1) is 10.8 Å². The Kier molecular flexibility index (Phi) is 8.05. The zero-order valence-corrected chi connectivity index (χ0v) is 17.9. The number of hydrogen-bond donors (Lipinski definition) is 1. The summed E-state index contributed by atoms with van der Waals surface area (Å²) in [7, 11) is 0. The molecule has 1 heteroatoms. The van der Waals surface area contributed by atoms with Gasteiger partial charge in [0, 0.05) is 0 Å². The number of hydrogen-bond acceptors (Lipinski definition) is 1. The lowest BCUT2D eigenvalue weighted by Gasteiger charge is -2.22. The van der Waals surface area contributed by atoms with Crippen LogP contribution >= 0.6 is 0 Å². The van der Waals surface area contributed by atoms with Crippen LogP contribution in [0.5, 0.6) is 5.75 Å². The molecule has 0 radical (unpaired) electrons. The average molecular weight is 359 g/mol. The van der Waals surface area contributed by atoms with Gasteiger partial charge in [-0.1, -0.05) is 71.9 Å². The molecule has 0 amide bonds. The first-order valence-electron chi connectivity index (χ1n) is 11.1. The lowest BCUT2D eigenvalue weighted by atomic mass is 9.84. The SMILES string of the molecule is CCC(C)(C)CCCCCCc1ccc(O)c(CCCCC2(C)CC2)c1. The predicted molar refractivity (Wildman–Crippen MR) is 114 cm³/mol. The highest BCUT2D eigenvalue weighted by molar-refractivity contribution is 5.36. The summed E-state index contributed by atoms with van der Waals surface area (Å²) in [6.07, 6.45) is 16.8. The van der Waals surface area contributed by atoms with Crippen LogP contribution in [0.1, 0.15) is 109 Å². The molecule has 1 aromatic carbocycles. The van der Waals surface area contributed by atoms with Crippen molar-refractivity contribution in [3.8, 4) is 5.75 Å². The summed E-state index contributed by atoms with van der Waals surface area (Å²) in [4.78, 5) is 0. The minimum absolute atomic E-state index is 0.494. The molecule has 1 N–H and O–H groups in total. The van der Waals surface area contributed by atoms with Crippen LogP contribution in [0.2, 0.25) is 0 Å². The predicted octanol–water partition coefficient (Wildman–Crippen LogP) is 7.83. The van der Waals surface area contributed by atoms with E-state index in [1.165, 1.54) is 76.2 Å². The van der Waals surface area contributed by atoms with Crippen LogP contribution in [0.4, 0.5) is 0 Å². The Morgan fingerprint density at radius 1 is 0.962 bits per heavy atom. The van der Waals surface area contributed by atoms with Crippen molar-refractivity contribution in [2.75, 3.05) is 0 Å². The van der Waals surface area contributed by atoms with Gasteiger partial charge in [-0.3, -0.25) is 0 Å². The third kappa shape index (κ3) is 7.72. The van der Waals surface area contributed by atoms with E-state index in [4.69, 9.17) is 0 Å². The number of benzene rings is 1. The van der Waals surface area contributed by atoms with Gasteiger partial charge in [0.2, 0.25) is 0 Å². The van der Waals surface area contributed by atoms with E-state index in [0.717, 1.165) is 18.4 Å². The van der Waals surface area contributed by atoms with E-state index in [9.17, 15) is 5.11 Å². The Bertz CT molecular complexity index is 539. The van der Waals surface area contributed by atoms with Gasteiger partial charge in [0.1, 0.15) is 5.75 Å². The standard InChI is InChI=1S/C25H42O/c1-5-24(2,3)16-10-7-6-8-12-21-14-15-23(26)22(20-21)13-9-11-17-25(4)18-19-25/h14-15,20,26H,5-13,16-19H2,1-4H3. The zero-order valence-electron chi connectivity index (χ0n) is 17.9. The molecule has 0 spiro atoms. The molecule has 0 atom stereocenters. The molecule has 0 heterocycles. The first-order valence-corrected chi connectivity index (χ1v) is 11.1. The molecule has 2 rings (SSSR count). The van der Waals surface area contributed by atoms with Crippen molar-refractivity contribution < 1.29 is 5.11 Å². The molecule has 26 heavy (non-hydrogen) atoms. The van der Waals surface area contributed by atoms with Crippen molar-refractivity contribution in [2.24, 2.45) is 10.8 Å². The summed E-state index contributed by atoms with van der Waals surface area (Å²) in [5.74, 6) is 0.494. The molecule has 0 aliphatic heterocycles. The van der Waals surface area contributed by atoms with E-state index in [0.29, 0.717) is 16.6 Å². The van der Waals surface area contributed by atoms with E-state index in [1.807, 2.05) is 6.07 Å². The van der Waals surface area contributed by atoms with Crippen molar-refractivity contribution in [3.05, 3.63) is 29.3 Å². The summed E-state index contributed by atoms with van der Waals surface area (Å²) in [5.41, 5.74) is 3.74. The quantitative estimate of drug-likeness (QED) is 0.356. The largest absolute Gasteiger partial charge is 0.508 e. The van der Waals surface area contributed by atoms with Crippen molar-refractivity contribution in [3.63, 3.8) is 0 Å². The van der Waals surface area contributed by atoms with Crippen LogP contribution in [-0.2, 0) is 12.8 Å². The maximum absolute atomic E-state index is 10.1. The second-order valence-electron chi connectivity index (χ2n) is 9.91. The van der Waals surface area contributed by atoms with Crippen LogP contribution in [-0.4, -0.2) is 5.11 Å². The Labute approximate surface area is 162 Å². The summed E-state index contributed by atoms with van der Waals surface area (Å²) < 4.78 is 0. The Morgan fingerprint density at radius 2 is 1.65 bits per heavy atom. The van der Waals surface area contributed by atoms with Crippen LogP contribution in [0.25, 0.3) is 0 Å². The number of phenolic OH excluding ortho intramolecular Hbond substituents is 1. The second kappa shape index (κ2) is 9.81. The highest BCUT2D eigenvalue weighted by Crippen LogP contribution is 2.49. The fourth-order valence-electron chi connectivity index (χ4n) is 3.79. The maximum atomic E-state index is 10.1. The Balaban J connectivity index is 1.64. The highest BCUT2D eigenvalue weighted by atomic mass is 16.3. The maximum Gasteiger partial charge on any atom is 0.118 e. The van der Waals surface area contributed by atoms with E-state index in [-0.39, 0.29) is 0 Å². The summed E-state index contributed by atoms with van der Waals surface area (Å²) in [6.45, 7) is 9.48. The molecule has 1 aliphatic carbocycles. The molecule has 0 bridgehead atoms. The second-order valence-corrected chi connectivity index (χ2v) is 9.91. The molecule has 0 aromatic heterocycles. The monoisotopic (exact) mass is 358 g/mol. The first kappa shape index (κ1) is 21.3. The van der Waals surface area contributed by atoms with Crippen molar-refractivity contribution in [2.45, 2.75) is 111 Å². The molecule has 1 saturated carbocycles. The number of aromatic hydroxyl groups is 1. The topological polar surface area (TPSA) is 20.2 Å². The number of aryl methyl sites for hydroxylation is 2. The molecule has 0 unspecified atom stereocenters. The van der Waals surface area contributed by atoms with Gasteiger partial charge in [-0.15, -0.1) is 0 Å². The van der Waals surface area contributed by atoms with Crippen LogP contribution in [0.3, 0.4) is 0 Å². The number of rotatable bonds is 13. The summed E-state index contributed by atoms with van der Waals surface area (Å²) in [6, 6.07) is 6.29. The zero-order chi connectivity index (χ0) is 19.0. The molecule has 1 aromatic rings. The molecular formula is C25H42O. The Morgan fingerprint density at radius 3 is 2.35 bits per heavy atom. The third-order valence-corrected chi connectivity index (χ3v) is 6.75. The first-order chi connectivity index (χ1) is 12.3. The molecule has 148 valence electrons. The van der Waals surface area contributed by atoms with Gasteiger partial charge in [-0.05, 0) is 79.4 Å². The number of unbranched alkanes of at least 4 members (excludes halogenated alkanes) is 4. The van der Waals surface area contributed by atoms with Crippen molar-refractivity contribution in [1.29, 1.82) is 0 Å². The van der Waals surface area contributed by atoms with E-state index in [1.54, 1.807) is 0 Å². The van der Waals surface area contributed by atoms with Gasteiger partial charge >= 0.3 is 0 Å². The molecule has 1 nitrogen and oxygen atoms in total. The van der Waals surface area contributed by atoms with E-state index < -0.39 is 0 Å². The van der Waals surface area contributed by atoms with Gasteiger partial charge in [0.25, 0.3) is 0 Å². The van der Waals surface area contributed by atoms with Gasteiger partial charge in [0.05, 0.1) is 0 Å². The van der Waals surface area contributed by atoms with E-state index in [2.05, 4.69) is 39.8 Å². The molecule has 1 fully saturated rings. The normalized spacial score (nSPS) is 16.0. The Hall–Kier alpha value is -0.980. The fraction of sp³-hybridized carbons (Fsp3) is 0.760. The van der Waals surface area contributed by atoms with Gasteiger partial charge in [-0.2, -0.15) is 0 Å².